The molecule has 0 bridgehead atoms. The summed E-state index contributed by atoms with van der Waals surface area (Å²) in [7, 11) is 0. The Hall–Kier alpha value is -4.03. The third kappa shape index (κ3) is 3.45. The van der Waals surface area contributed by atoms with Gasteiger partial charge in [-0.25, -0.2) is 4.98 Å². The summed E-state index contributed by atoms with van der Waals surface area (Å²) in [6.07, 6.45) is 0. The summed E-state index contributed by atoms with van der Waals surface area (Å²) in [5, 5.41) is 10.9. The second kappa shape index (κ2) is 7.53. The first-order valence-corrected chi connectivity index (χ1v) is 10.9. The highest BCUT2D eigenvalue weighted by Gasteiger charge is 2.32. The maximum absolute atomic E-state index is 13.3. The molecule has 0 spiro atoms. The lowest BCUT2D eigenvalue weighted by Crippen LogP contribution is -2.49. The number of likely N-dealkylation sites (tertiary alicyclic amines) is 1. The molecule has 0 radical (unpaired) electrons. The molecule has 1 saturated heterocycles. The SMILES string of the molecule is O=C(O)C1CN(Cc2ccc(-c3ccc4oc5nc6ccccc6cc5c(=O)c4c3)cc2)C1. The Morgan fingerprint density at radius 2 is 1.73 bits per heavy atom. The van der Waals surface area contributed by atoms with E-state index in [1.807, 2.05) is 72.8 Å². The maximum atomic E-state index is 13.3. The van der Waals surface area contributed by atoms with Crippen molar-refractivity contribution in [3.8, 4) is 11.1 Å². The van der Waals surface area contributed by atoms with Gasteiger partial charge in [0.2, 0.25) is 11.1 Å². The summed E-state index contributed by atoms with van der Waals surface area (Å²) >= 11 is 0. The fourth-order valence-corrected chi connectivity index (χ4v) is 4.48. The van der Waals surface area contributed by atoms with E-state index in [0.29, 0.717) is 35.2 Å². The lowest BCUT2D eigenvalue weighted by Gasteiger charge is -2.36. The smallest absolute Gasteiger partial charge is 0.309 e. The van der Waals surface area contributed by atoms with Crippen LogP contribution in [-0.2, 0) is 11.3 Å². The van der Waals surface area contributed by atoms with Crippen LogP contribution in [0.4, 0.5) is 0 Å². The number of carboxylic acids is 1. The lowest BCUT2D eigenvalue weighted by atomic mass is 9.98. The Kier molecular flexibility index (Phi) is 4.48. The van der Waals surface area contributed by atoms with Crippen LogP contribution >= 0.6 is 0 Å². The molecule has 0 amide bonds. The van der Waals surface area contributed by atoms with Crippen molar-refractivity contribution in [2.24, 2.45) is 5.92 Å². The molecule has 6 rings (SSSR count). The third-order valence-corrected chi connectivity index (χ3v) is 6.36. The minimum atomic E-state index is -0.723. The van der Waals surface area contributed by atoms with Crippen molar-refractivity contribution < 1.29 is 14.3 Å². The van der Waals surface area contributed by atoms with Gasteiger partial charge in [0.25, 0.3) is 0 Å². The molecule has 5 aromatic rings. The molecule has 2 aromatic heterocycles. The second-order valence-corrected chi connectivity index (χ2v) is 8.60. The largest absolute Gasteiger partial charge is 0.481 e. The van der Waals surface area contributed by atoms with Crippen LogP contribution in [0.25, 0.3) is 44.1 Å². The standard InChI is InChI=1S/C27H20N2O4/c30-25-21-11-18(17-7-5-16(6-8-17)13-29-14-20(15-29)27(31)32)9-10-24(21)33-26-22(25)12-19-3-1-2-4-23(19)28-26/h1-12,20H,13-15H2,(H,31,32). The van der Waals surface area contributed by atoms with E-state index in [9.17, 15) is 9.59 Å². The Morgan fingerprint density at radius 3 is 2.52 bits per heavy atom. The number of aliphatic carboxylic acids is 1. The van der Waals surface area contributed by atoms with E-state index in [1.54, 1.807) is 0 Å². The molecule has 33 heavy (non-hydrogen) atoms. The van der Waals surface area contributed by atoms with Gasteiger partial charge in [0.1, 0.15) is 5.58 Å². The number of hydrogen-bond acceptors (Lipinski definition) is 5. The monoisotopic (exact) mass is 436 g/mol. The number of aromatic nitrogens is 1. The van der Waals surface area contributed by atoms with Gasteiger partial charge in [-0.2, -0.15) is 0 Å². The van der Waals surface area contributed by atoms with E-state index < -0.39 is 5.97 Å². The van der Waals surface area contributed by atoms with Crippen molar-refractivity contribution in [2.75, 3.05) is 13.1 Å². The highest BCUT2D eigenvalue weighted by atomic mass is 16.4. The number of fused-ring (bicyclic) bond motifs is 3. The zero-order valence-corrected chi connectivity index (χ0v) is 17.7. The van der Waals surface area contributed by atoms with Crippen LogP contribution in [-0.4, -0.2) is 34.0 Å². The number of pyridine rings is 1. The van der Waals surface area contributed by atoms with Gasteiger partial charge < -0.3 is 9.52 Å². The van der Waals surface area contributed by atoms with Gasteiger partial charge in [0.15, 0.2) is 0 Å². The van der Waals surface area contributed by atoms with Crippen LogP contribution in [0, 0.1) is 5.92 Å². The van der Waals surface area contributed by atoms with E-state index in [4.69, 9.17) is 9.52 Å². The third-order valence-electron chi connectivity index (χ3n) is 6.36. The van der Waals surface area contributed by atoms with E-state index in [1.165, 1.54) is 0 Å². The summed E-state index contributed by atoms with van der Waals surface area (Å²) < 4.78 is 5.97. The number of benzene rings is 3. The fraction of sp³-hybridized carbons (Fsp3) is 0.148. The van der Waals surface area contributed by atoms with Crippen LogP contribution in [0.3, 0.4) is 0 Å². The molecule has 0 atom stereocenters. The quantitative estimate of drug-likeness (QED) is 0.412. The van der Waals surface area contributed by atoms with Crippen LogP contribution in [0.2, 0.25) is 0 Å². The van der Waals surface area contributed by atoms with Gasteiger partial charge in [0.05, 0.1) is 22.2 Å². The molecule has 1 N–H and O–H groups in total. The van der Waals surface area contributed by atoms with Gasteiger partial charge in [-0.1, -0.05) is 48.5 Å². The van der Waals surface area contributed by atoms with Crippen molar-refractivity contribution in [1.29, 1.82) is 0 Å². The van der Waals surface area contributed by atoms with E-state index in [-0.39, 0.29) is 11.3 Å². The molecule has 6 nitrogen and oxygen atoms in total. The van der Waals surface area contributed by atoms with E-state index >= 15 is 0 Å². The topological polar surface area (TPSA) is 83.6 Å². The molecule has 1 aliphatic heterocycles. The van der Waals surface area contributed by atoms with Crippen molar-refractivity contribution >= 4 is 38.9 Å². The first-order chi connectivity index (χ1) is 16.0. The van der Waals surface area contributed by atoms with Crippen LogP contribution in [0.15, 0.2) is 82.0 Å². The Morgan fingerprint density at radius 1 is 0.970 bits per heavy atom. The molecule has 0 unspecified atom stereocenters. The summed E-state index contributed by atoms with van der Waals surface area (Å²) in [5.41, 5.74) is 4.63. The molecule has 1 fully saturated rings. The van der Waals surface area contributed by atoms with Crippen molar-refractivity contribution in [3.05, 3.63) is 88.6 Å². The number of nitrogens with zero attached hydrogens (tertiary/aromatic N) is 2. The zero-order valence-electron chi connectivity index (χ0n) is 17.7. The molecule has 162 valence electrons. The first kappa shape index (κ1) is 19.6. The summed E-state index contributed by atoms with van der Waals surface area (Å²) in [4.78, 5) is 30.9. The molecular formula is C27H20N2O4. The van der Waals surface area contributed by atoms with Gasteiger partial charge in [0, 0.05) is 25.0 Å². The average molecular weight is 436 g/mol. The molecular weight excluding hydrogens is 416 g/mol. The van der Waals surface area contributed by atoms with E-state index in [0.717, 1.165) is 34.1 Å². The number of para-hydroxylation sites is 1. The minimum Gasteiger partial charge on any atom is -0.481 e. The average Bonchev–Trinajstić information content (AvgIpc) is 2.80. The van der Waals surface area contributed by atoms with Crippen LogP contribution in [0.5, 0.6) is 0 Å². The number of rotatable bonds is 4. The summed E-state index contributed by atoms with van der Waals surface area (Å²) in [6, 6.07) is 23.3. The van der Waals surface area contributed by atoms with Crippen molar-refractivity contribution in [2.45, 2.75) is 6.54 Å². The van der Waals surface area contributed by atoms with Crippen molar-refractivity contribution in [1.82, 2.24) is 9.88 Å². The maximum Gasteiger partial charge on any atom is 0.309 e. The van der Waals surface area contributed by atoms with Gasteiger partial charge >= 0.3 is 5.97 Å². The Labute approximate surface area is 188 Å². The predicted molar refractivity (Wildman–Crippen MR) is 127 cm³/mol. The molecule has 6 heteroatoms. The summed E-state index contributed by atoms with van der Waals surface area (Å²) in [5.74, 6) is -0.975. The van der Waals surface area contributed by atoms with E-state index in [2.05, 4.69) is 9.88 Å². The number of carbonyl (C=O) groups is 1. The molecule has 3 heterocycles. The number of hydrogen-bond donors (Lipinski definition) is 1. The highest BCUT2D eigenvalue weighted by molar-refractivity contribution is 5.96. The molecule has 0 aliphatic carbocycles. The molecule has 1 aliphatic rings. The zero-order chi connectivity index (χ0) is 22.5. The van der Waals surface area contributed by atoms with Gasteiger partial charge in [-0.15, -0.1) is 0 Å². The van der Waals surface area contributed by atoms with Crippen LogP contribution < -0.4 is 5.43 Å². The fourth-order valence-electron chi connectivity index (χ4n) is 4.48. The summed E-state index contributed by atoms with van der Waals surface area (Å²) in [6.45, 7) is 1.92. The minimum absolute atomic E-state index is 0.0891. The highest BCUT2D eigenvalue weighted by Crippen LogP contribution is 2.27. The molecule has 3 aromatic carbocycles. The predicted octanol–water partition coefficient (Wildman–Crippen LogP) is 4.68. The number of carboxylic acid groups (broad SMARTS) is 1. The first-order valence-electron chi connectivity index (χ1n) is 10.9. The second-order valence-electron chi connectivity index (χ2n) is 8.60. The van der Waals surface area contributed by atoms with Crippen molar-refractivity contribution in [3.63, 3.8) is 0 Å². The normalized spacial score (nSPS) is 14.7. The Balaban J connectivity index is 1.33. The van der Waals surface area contributed by atoms with Gasteiger partial charge in [-0.3, -0.25) is 14.5 Å². The molecule has 0 saturated carbocycles. The lowest BCUT2D eigenvalue weighted by molar-refractivity contribution is -0.147. The van der Waals surface area contributed by atoms with Gasteiger partial charge in [-0.05, 0) is 41.0 Å². The Bertz CT molecular complexity index is 1600. The van der Waals surface area contributed by atoms with Crippen LogP contribution in [0.1, 0.15) is 5.56 Å².